The number of piperidine rings is 1. The lowest BCUT2D eigenvalue weighted by molar-refractivity contribution is 0.207. The molecule has 0 unspecified atom stereocenters. The number of benzene rings is 2. The van der Waals surface area contributed by atoms with E-state index >= 15 is 0 Å². The number of fused-ring (bicyclic) bond motifs is 1. The van der Waals surface area contributed by atoms with Crippen LogP contribution in [0.1, 0.15) is 41.8 Å². The van der Waals surface area contributed by atoms with Crippen LogP contribution in [0.25, 0.3) is 10.3 Å². The summed E-state index contributed by atoms with van der Waals surface area (Å²) >= 11 is 14.4. The van der Waals surface area contributed by atoms with Crippen molar-refractivity contribution in [3.05, 3.63) is 68.6 Å². The Morgan fingerprint density at radius 1 is 0.921 bits per heavy atom. The van der Waals surface area contributed by atoms with Crippen molar-refractivity contribution in [3.8, 4) is 0 Å². The second kappa shape index (κ2) is 11.3. The fourth-order valence-electron chi connectivity index (χ4n) is 5.36. The molecule has 6 rings (SSSR count). The minimum atomic E-state index is -0.490. The molecule has 38 heavy (non-hydrogen) atoms. The van der Waals surface area contributed by atoms with Crippen molar-refractivity contribution >= 4 is 62.3 Å². The molecule has 0 atom stereocenters. The third-order valence-electron chi connectivity index (χ3n) is 7.46. The molecule has 0 spiro atoms. The number of rotatable bonds is 7. The van der Waals surface area contributed by atoms with Gasteiger partial charge in [-0.15, -0.1) is 0 Å². The Hall–Kier alpha value is -2.52. The van der Waals surface area contributed by atoms with Gasteiger partial charge in [0, 0.05) is 41.3 Å². The van der Waals surface area contributed by atoms with Crippen molar-refractivity contribution in [2.45, 2.75) is 44.8 Å². The normalized spacial score (nSPS) is 17.0. The average molecular weight is 572 g/mol. The van der Waals surface area contributed by atoms with Crippen LogP contribution in [-0.2, 0) is 13.1 Å². The molecule has 0 amide bonds. The van der Waals surface area contributed by atoms with E-state index in [2.05, 4.69) is 15.1 Å². The van der Waals surface area contributed by atoms with Gasteiger partial charge in [0.15, 0.2) is 10.6 Å². The Kier molecular flexibility index (Phi) is 7.66. The van der Waals surface area contributed by atoms with E-state index in [4.69, 9.17) is 38.2 Å². The highest BCUT2D eigenvalue weighted by Crippen LogP contribution is 2.34. The number of aromatic nitrogens is 3. The minimum absolute atomic E-state index is 0.490. The molecule has 4 aromatic rings. The quantitative estimate of drug-likeness (QED) is 0.252. The standard InChI is InChI=1S/C28H29Cl2FN6S/c29-22-4-3-5-23(30)21(22)16-24-33-25-26(32-19-8-6-18(17-31)7-9-19)34-28(35-27(25)38-24)37-14-10-20(11-15-37)36-12-1-2-13-36/h3-9,20H,1-2,10-17H2,(H,32,34,35). The predicted molar refractivity (Wildman–Crippen MR) is 155 cm³/mol. The number of nitrogens with zero attached hydrogens (tertiary/aromatic N) is 5. The monoisotopic (exact) mass is 570 g/mol. The summed E-state index contributed by atoms with van der Waals surface area (Å²) in [5.41, 5.74) is 3.02. The molecule has 2 aromatic carbocycles. The zero-order chi connectivity index (χ0) is 26.1. The van der Waals surface area contributed by atoms with Crippen LogP contribution < -0.4 is 10.2 Å². The van der Waals surface area contributed by atoms with Crippen LogP contribution in [0.15, 0.2) is 42.5 Å². The van der Waals surface area contributed by atoms with E-state index in [9.17, 15) is 4.39 Å². The zero-order valence-electron chi connectivity index (χ0n) is 21.0. The van der Waals surface area contributed by atoms with E-state index in [1.54, 1.807) is 12.1 Å². The molecule has 0 radical (unpaired) electrons. The van der Waals surface area contributed by atoms with Crippen molar-refractivity contribution in [2.24, 2.45) is 0 Å². The van der Waals surface area contributed by atoms with Gasteiger partial charge in [-0.1, -0.05) is 52.7 Å². The summed E-state index contributed by atoms with van der Waals surface area (Å²) in [4.78, 5) is 20.6. The molecule has 10 heteroatoms. The van der Waals surface area contributed by atoms with Crippen LogP contribution in [0.4, 0.5) is 21.8 Å². The first kappa shape index (κ1) is 25.7. The van der Waals surface area contributed by atoms with Crippen molar-refractivity contribution < 1.29 is 4.39 Å². The summed E-state index contributed by atoms with van der Waals surface area (Å²) in [7, 11) is 0. The molecule has 1 N–H and O–H groups in total. The van der Waals surface area contributed by atoms with Gasteiger partial charge in [0.1, 0.15) is 17.2 Å². The first-order valence-electron chi connectivity index (χ1n) is 13.1. The van der Waals surface area contributed by atoms with E-state index in [0.717, 1.165) is 47.0 Å². The first-order chi connectivity index (χ1) is 18.6. The van der Waals surface area contributed by atoms with Gasteiger partial charge >= 0.3 is 0 Å². The fraction of sp³-hybridized carbons (Fsp3) is 0.393. The second-order valence-electron chi connectivity index (χ2n) is 9.93. The van der Waals surface area contributed by atoms with Crippen molar-refractivity contribution in [2.75, 3.05) is 36.4 Å². The Balaban J connectivity index is 1.31. The highest BCUT2D eigenvalue weighted by atomic mass is 35.5. The van der Waals surface area contributed by atoms with Crippen molar-refractivity contribution in [1.82, 2.24) is 19.9 Å². The maximum Gasteiger partial charge on any atom is 0.228 e. The summed E-state index contributed by atoms with van der Waals surface area (Å²) in [5, 5.41) is 5.52. The zero-order valence-corrected chi connectivity index (χ0v) is 23.3. The van der Waals surface area contributed by atoms with Crippen LogP contribution in [0.5, 0.6) is 0 Å². The number of likely N-dealkylation sites (tertiary alicyclic amines) is 1. The van der Waals surface area contributed by atoms with Crippen LogP contribution in [-0.4, -0.2) is 52.1 Å². The molecule has 2 saturated heterocycles. The molecule has 0 saturated carbocycles. The van der Waals surface area contributed by atoms with E-state index in [1.807, 2.05) is 30.3 Å². The van der Waals surface area contributed by atoms with Crippen LogP contribution in [0.2, 0.25) is 10.0 Å². The number of alkyl halides is 1. The Morgan fingerprint density at radius 3 is 2.32 bits per heavy atom. The van der Waals surface area contributed by atoms with Gasteiger partial charge in [0.25, 0.3) is 0 Å². The maximum atomic E-state index is 13.0. The smallest absolute Gasteiger partial charge is 0.228 e. The number of hydrogen-bond acceptors (Lipinski definition) is 7. The summed E-state index contributed by atoms with van der Waals surface area (Å²) in [5.74, 6) is 1.36. The number of halogens is 3. The topological polar surface area (TPSA) is 57.2 Å². The molecule has 4 heterocycles. The summed E-state index contributed by atoms with van der Waals surface area (Å²) < 4.78 is 13.0. The maximum absolute atomic E-state index is 13.0. The lowest BCUT2D eigenvalue weighted by atomic mass is 10.0. The lowest BCUT2D eigenvalue weighted by Gasteiger charge is -2.36. The highest BCUT2D eigenvalue weighted by molar-refractivity contribution is 7.18. The predicted octanol–water partition coefficient (Wildman–Crippen LogP) is 7.26. The van der Waals surface area contributed by atoms with Crippen LogP contribution in [0.3, 0.4) is 0 Å². The van der Waals surface area contributed by atoms with Gasteiger partial charge in [-0.25, -0.2) is 9.37 Å². The molecular formula is C28H29Cl2FN6S. The van der Waals surface area contributed by atoms with E-state index in [-0.39, 0.29) is 0 Å². The average Bonchev–Trinajstić information content (AvgIpc) is 3.62. The number of nitrogens with one attached hydrogen (secondary N) is 1. The van der Waals surface area contributed by atoms with Gasteiger partial charge in [-0.2, -0.15) is 9.97 Å². The number of hydrogen-bond donors (Lipinski definition) is 1. The number of thiazole rings is 1. The van der Waals surface area contributed by atoms with Crippen LogP contribution in [0, 0.1) is 0 Å². The summed E-state index contributed by atoms with van der Waals surface area (Å²) in [6.45, 7) is 3.81. The van der Waals surface area contributed by atoms with Gasteiger partial charge < -0.3 is 15.1 Å². The van der Waals surface area contributed by atoms with Gasteiger partial charge in [0.05, 0.1) is 0 Å². The second-order valence-corrected chi connectivity index (χ2v) is 11.8. The largest absolute Gasteiger partial charge is 0.341 e. The molecule has 2 aliphatic heterocycles. The molecule has 0 bridgehead atoms. The Morgan fingerprint density at radius 2 is 1.63 bits per heavy atom. The van der Waals surface area contributed by atoms with Crippen molar-refractivity contribution in [3.63, 3.8) is 0 Å². The molecule has 198 valence electrons. The molecule has 2 fully saturated rings. The first-order valence-corrected chi connectivity index (χ1v) is 14.7. The van der Waals surface area contributed by atoms with Gasteiger partial charge in [-0.05, 0) is 74.2 Å². The molecule has 2 aliphatic rings. The molecule has 6 nitrogen and oxygen atoms in total. The van der Waals surface area contributed by atoms with Crippen LogP contribution >= 0.6 is 34.5 Å². The summed E-state index contributed by atoms with van der Waals surface area (Å²) in [6, 6.07) is 13.4. The lowest BCUT2D eigenvalue weighted by Crippen LogP contribution is -2.44. The van der Waals surface area contributed by atoms with E-state index < -0.39 is 6.67 Å². The van der Waals surface area contributed by atoms with Crippen molar-refractivity contribution in [1.29, 1.82) is 0 Å². The third-order valence-corrected chi connectivity index (χ3v) is 9.11. The minimum Gasteiger partial charge on any atom is -0.341 e. The summed E-state index contributed by atoms with van der Waals surface area (Å²) in [6.07, 6.45) is 5.38. The highest BCUT2D eigenvalue weighted by Gasteiger charge is 2.28. The van der Waals surface area contributed by atoms with E-state index in [0.29, 0.717) is 45.4 Å². The third kappa shape index (κ3) is 5.45. The Bertz CT molecular complexity index is 1390. The fourth-order valence-corrected chi connectivity index (χ4v) is 6.84. The molecule has 0 aliphatic carbocycles. The SMILES string of the molecule is FCc1ccc(Nc2nc(N3CCC(N4CCCC4)CC3)nc3sc(Cc4c(Cl)cccc4Cl)nc23)cc1. The van der Waals surface area contributed by atoms with Gasteiger partial charge in [-0.3, -0.25) is 0 Å². The number of anilines is 3. The van der Waals surface area contributed by atoms with E-state index in [1.165, 1.54) is 37.3 Å². The molecular weight excluding hydrogens is 542 g/mol. The van der Waals surface area contributed by atoms with Gasteiger partial charge in [0.2, 0.25) is 5.95 Å². The Labute approximate surface area is 235 Å². The molecule has 2 aromatic heterocycles.